The van der Waals surface area contributed by atoms with E-state index >= 15 is 0 Å². The van der Waals surface area contributed by atoms with Crippen LogP contribution in [0.5, 0.6) is 5.75 Å². The average Bonchev–Trinajstić information content (AvgIpc) is 2.62. The van der Waals surface area contributed by atoms with Crippen molar-refractivity contribution in [3.8, 4) is 5.75 Å². The Bertz CT molecular complexity index is 526. The summed E-state index contributed by atoms with van der Waals surface area (Å²) in [6.07, 6.45) is 0.688. The van der Waals surface area contributed by atoms with Gasteiger partial charge in [0.1, 0.15) is 5.75 Å². The van der Waals surface area contributed by atoms with E-state index in [0.717, 1.165) is 11.3 Å². The summed E-state index contributed by atoms with van der Waals surface area (Å²) in [7, 11) is 1.59. The van der Waals surface area contributed by atoms with Gasteiger partial charge in [0.15, 0.2) is 6.10 Å². The van der Waals surface area contributed by atoms with E-state index in [1.165, 1.54) is 18.7 Å². The molecule has 0 saturated heterocycles. The SMILES string of the molecule is COc1ccc([C@H]2SC=CNC(=O)[C@H]2OC(C)=O)cc1. The number of rotatable bonds is 3. The van der Waals surface area contributed by atoms with Gasteiger partial charge < -0.3 is 14.8 Å². The number of hydrogen-bond donors (Lipinski definition) is 1. The molecule has 1 N–H and O–H groups in total. The Morgan fingerprint density at radius 1 is 1.30 bits per heavy atom. The summed E-state index contributed by atoms with van der Waals surface area (Å²) < 4.78 is 10.3. The van der Waals surface area contributed by atoms with Crippen LogP contribution in [0.25, 0.3) is 0 Å². The van der Waals surface area contributed by atoms with Gasteiger partial charge in [0, 0.05) is 13.1 Å². The van der Waals surface area contributed by atoms with Crippen molar-refractivity contribution in [1.82, 2.24) is 5.32 Å². The van der Waals surface area contributed by atoms with E-state index in [9.17, 15) is 9.59 Å². The second-order valence-corrected chi connectivity index (χ2v) is 5.22. The summed E-state index contributed by atoms with van der Waals surface area (Å²) >= 11 is 1.42. The molecule has 1 heterocycles. The molecule has 5 nitrogen and oxygen atoms in total. The summed E-state index contributed by atoms with van der Waals surface area (Å²) in [5.41, 5.74) is 0.892. The van der Waals surface area contributed by atoms with Crippen LogP contribution in [0.1, 0.15) is 17.7 Å². The third-order valence-electron chi connectivity index (χ3n) is 2.79. The molecule has 2 rings (SSSR count). The molecule has 1 aromatic carbocycles. The van der Waals surface area contributed by atoms with Crippen molar-refractivity contribution in [3.05, 3.63) is 41.4 Å². The topological polar surface area (TPSA) is 64.6 Å². The number of carbonyl (C=O) groups excluding carboxylic acids is 2. The van der Waals surface area contributed by atoms with Gasteiger partial charge in [-0.15, -0.1) is 11.8 Å². The fourth-order valence-corrected chi connectivity index (χ4v) is 2.82. The van der Waals surface area contributed by atoms with Crippen molar-refractivity contribution < 1.29 is 19.1 Å². The minimum absolute atomic E-state index is 0.288. The van der Waals surface area contributed by atoms with Gasteiger partial charge in [-0.1, -0.05) is 12.1 Å². The molecule has 0 spiro atoms. The second-order valence-electron chi connectivity index (χ2n) is 4.17. The normalized spacial score (nSPS) is 21.8. The first-order valence-electron chi connectivity index (χ1n) is 6.04. The fraction of sp³-hybridized carbons (Fsp3) is 0.286. The van der Waals surface area contributed by atoms with Gasteiger partial charge in [-0.3, -0.25) is 9.59 Å². The maximum Gasteiger partial charge on any atom is 0.303 e. The molecule has 20 heavy (non-hydrogen) atoms. The Kier molecular flexibility index (Phi) is 4.68. The van der Waals surface area contributed by atoms with Gasteiger partial charge in [-0.05, 0) is 23.1 Å². The first kappa shape index (κ1) is 14.5. The largest absolute Gasteiger partial charge is 0.497 e. The first-order chi connectivity index (χ1) is 9.61. The summed E-state index contributed by atoms with van der Waals surface area (Å²) in [5, 5.41) is 4.07. The number of carbonyl (C=O) groups is 2. The van der Waals surface area contributed by atoms with E-state index in [4.69, 9.17) is 9.47 Å². The summed E-state index contributed by atoms with van der Waals surface area (Å²) in [6.45, 7) is 1.29. The predicted octanol–water partition coefficient (Wildman–Crippen LogP) is 2.00. The second kappa shape index (κ2) is 6.47. The number of hydrogen-bond acceptors (Lipinski definition) is 5. The van der Waals surface area contributed by atoms with Gasteiger partial charge in [0.2, 0.25) is 0 Å². The Balaban J connectivity index is 2.29. The predicted molar refractivity (Wildman–Crippen MR) is 76.2 cm³/mol. The highest BCUT2D eigenvalue weighted by Gasteiger charge is 2.33. The Morgan fingerprint density at radius 3 is 2.60 bits per heavy atom. The van der Waals surface area contributed by atoms with E-state index in [1.54, 1.807) is 18.7 Å². The molecule has 0 bridgehead atoms. The first-order valence-corrected chi connectivity index (χ1v) is 6.98. The van der Waals surface area contributed by atoms with Crippen molar-refractivity contribution in [2.75, 3.05) is 7.11 Å². The quantitative estimate of drug-likeness (QED) is 0.864. The van der Waals surface area contributed by atoms with Crippen LogP contribution >= 0.6 is 11.8 Å². The van der Waals surface area contributed by atoms with Gasteiger partial charge >= 0.3 is 5.97 Å². The highest BCUT2D eigenvalue weighted by atomic mass is 32.2. The highest BCUT2D eigenvalue weighted by molar-refractivity contribution is 8.02. The molecule has 1 amide bonds. The van der Waals surface area contributed by atoms with Gasteiger partial charge in [0.05, 0.1) is 12.4 Å². The molecule has 2 atom stereocenters. The maximum absolute atomic E-state index is 12.0. The molecule has 0 radical (unpaired) electrons. The van der Waals surface area contributed by atoms with E-state index in [-0.39, 0.29) is 11.2 Å². The van der Waals surface area contributed by atoms with Crippen molar-refractivity contribution in [2.24, 2.45) is 0 Å². The molecule has 1 aliphatic heterocycles. The van der Waals surface area contributed by atoms with Gasteiger partial charge in [-0.25, -0.2) is 0 Å². The minimum atomic E-state index is -0.860. The summed E-state index contributed by atoms with van der Waals surface area (Å²) in [4.78, 5) is 23.2. The van der Waals surface area contributed by atoms with Crippen LogP contribution < -0.4 is 10.1 Å². The lowest BCUT2D eigenvalue weighted by Gasteiger charge is -2.22. The average molecular weight is 293 g/mol. The van der Waals surface area contributed by atoms with Crippen molar-refractivity contribution in [3.63, 3.8) is 0 Å². The zero-order valence-corrected chi connectivity index (χ0v) is 12.0. The zero-order chi connectivity index (χ0) is 14.5. The van der Waals surface area contributed by atoms with Crippen LogP contribution in [0.4, 0.5) is 0 Å². The number of amides is 1. The van der Waals surface area contributed by atoms with Crippen molar-refractivity contribution in [1.29, 1.82) is 0 Å². The Hall–Kier alpha value is -1.95. The zero-order valence-electron chi connectivity index (χ0n) is 11.2. The van der Waals surface area contributed by atoms with Crippen LogP contribution in [0.15, 0.2) is 35.9 Å². The smallest absolute Gasteiger partial charge is 0.303 e. The van der Waals surface area contributed by atoms with Crippen LogP contribution in [-0.2, 0) is 14.3 Å². The van der Waals surface area contributed by atoms with E-state index in [0.29, 0.717) is 0 Å². The van der Waals surface area contributed by atoms with Gasteiger partial charge in [-0.2, -0.15) is 0 Å². The molecule has 6 heteroatoms. The molecule has 0 aliphatic carbocycles. The van der Waals surface area contributed by atoms with Crippen LogP contribution in [-0.4, -0.2) is 25.1 Å². The van der Waals surface area contributed by atoms with Crippen LogP contribution in [0.3, 0.4) is 0 Å². The molecule has 106 valence electrons. The Labute approximate surface area is 121 Å². The molecular weight excluding hydrogens is 278 g/mol. The molecular formula is C14H15NO4S. The molecule has 1 aromatic rings. The number of ether oxygens (including phenoxy) is 2. The maximum atomic E-state index is 12.0. The third kappa shape index (κ3) is 3.33. The molecule has 0 aromatic heterocycles. The van der Waals surface area contributed by atoms with E-state index in [2.05, 4.69) is 5.32 Å². The minimum Gasteiger partial charge on any atom is -0.497 e. The number of nitrogens with one attached hydrogen (secondary N) is 1. The third-order valence-corrected chi connectivity index (χ3v) is 3.90. The summed E-state index contributed by atoms with van der Waals surface area (Å²) in [6, 6.07) is 7.35. The fourth-order valence-electron chi connectivity index (χ4n) is 1.87. The lowest BCUT2D eigenvalue weighted by molar-refractivity contribution is -0.153. The summed E-state index contributed by atoms with van der Waals surface area (Å²) in [5.74, 6) is -0.0789. The van der Waals surface area contributed by atoms with E-state index in [1.807, 2.05) is 24.3 Å². The number of thioether (sulfide) groups is 1. The number of methoxy groups -OCH3 is 1. The van der Waals surface area contributed by atoms with Gasteiger partial charge in [0.25, 0.3) is 5.91 Å². The van der Waals surface area contributed by atoms with Crippen molar-refractivity contribution in [2.45, 2.75) is 18.3 Å². The number of esters is 1. The Morgan fingerprint density at radius 2 is 2.00 bits per heavy atom. The molecule has 0 saturated carbocycles. The lowest BCUT2D eigenvalue weighted by Crippen LogP contribution is -2.37. The monoisotopic (exact) mass is 293 g/mol. The number of benzene rings is 1. The van der Waals surface area contributed by atoms with Crippen LogP contribution in [0, 0.1) is 0 Å². The molecule has 0 unspecified atom stereocenters. The standard InChI is InChI=1S/C14H15NO4S/c1-9(16)19-12-13(20-8-7-15-14(12)17)10-3-5-11(18-2)6-4-10/h3-8,12-13H,1-2H3,(H,15,17)/t12-,13+/m0/s1. The molecule has 1 aliphatic rings. The van der Waals surface area contributed by atoms with E-state index < -0.39 is 12.1 Å². The van der Waals surface area contributed by atoms with Crippen molar-refractivity contribution >= 4 is 23.6 Å². The molecule has 0 fully saturated rings. The van der Waals surface area contributed by atoms with Crippen LogP contribution in [0.2, 0.25) is 0 Å². The lowest BCUT2D eigenvalue weighted by atomic mass is 10.1. The highest BCUT2D eigenvalue weighted by Crippen LogP contribution is 2.36.